The summed E-state index contributed by atoms with van der Waals surface area (Å²) in [6.45, 7) is 8.09. The van der Waals surface area contributed by atoms with Gasteiger partial charge in [-0.3, -0.25) is 0 Å². The van der Waals surface area contributed by atoms with E-state index in [0.717, 1.165) is 5.56 Å². The fourth-order valence-corrected chi connectivity index (χ4v) is 4.52. The van der Waals surface area contributed by atoms with E-state index in [2.05, 4.69) is 15.9 Å². The molecule has 8 heteroatoms. The number of hydrogen-bond donors (Lipinski definition) is 0. The van der Waals surface area contributed by atoms with Crippen LogP contribution in [0.25, 0.3) is 0 Å². The van der Waals surface area contributed by atoms with Crippen LogP contribution in [0.3, 0.4) is 0 Å². The molecule has 25 heavy (non-hydrogen) atoms. The van der Waals surface area contributed by atoms with E-state index in [1.54, 1.807) is 29.2 Å². The van der Waals surface area contributed by atoms with Gasteiger partial charge in [0.1, 0.15) is 5.60 Å². The second-order valence-corrected chi connectivity index (χ2v) is 9.66. The molecular formula is C17H25BrN2O4S. The van der Waals surface area contributed by atoms with E-state index < -0.39 is 21.7 Å². The highest BCUT2D eigenvalue weighted by Gasteiger charge is 2.35. The van der Waals surface area contributed by atoms with Gasteiger partial charge in [0.2, 0.25) is 10.0 Å². The number of amides is 1. The Labute approximate surface area is 158 Å². The van der Waals surface area contributed by atoms with Crippen molar-refractivity contribution in [2.24, 2.45) is 0 Å². The Morgan fingerprint density at radius 2 is 1.84 bits per heavy atom. The number of carbonyl (C=O) groups is 1. The van der Waals surface area contributed by atoms with Gasteiger partial charge in [-0.05, 0) is 45.4 Å². The second kappa shape index (κ2) is 7.63. The molecule has 0 N–H and O–H groups in total. The highest BCUT2D eigenvalue weighted by atomic mass is 79.9. The number of ether oxygens (including phenoxy) is 1. The van der Waals surface area contributed by atoms with Crippen LogP contribution in [0, 0.1) is 0 Å². The summed E-state index contributed by atoms with van der Waals surface area (Å²) in [6.07, 6.45) is -0.404. The van der Waals surface area contributed by atoms with E-state index in [-0.39, 0.29) is 24.0 Å². The van der Waals surface area contributed by atoms with Gasteiger partial charge < -0.3 is 9.64 Å². The standard InChI is InChI=1S/C17H25BrN2O4S/c1-13-12-19(9-10-20(13)16(21)24-17(2,3)4)25(22,23)15-7-5-14(11-18)6-8-15/h5-8,13H,9-12H2,1-4H3/t13-/m1/s1. The smallest absolute Gasteiger partial charge is 0.410 e. The molecule has 0 radical (unpaired) electrons. The van der Waals surface area contributed by atoms with Crippen molar-refractivity contribution in [3.63, 3.8) is 0 Å². The van der Waals surface area contributed by atoms with Crippen LogP contribution in [0.4, 0.5) is 4.79 Å². The van der Waals surface area contributed by atoms with Crippen molar-refractivity contribution in [1.29, 1.82) is 0 Å². The molecule has 0 unspecified atom stereocenters. The maximum absolute atomic E-state index is 12.8. The van der Waals surface area contributed by atoms with Crippen molar-refractivity contribution in [3.05, 3.63) is 29.8 Å². The van der Waals surface area contributed by atoms with Gasteiger partial charge in [-0.25, -0.2) is 13.2 Å². The number of alkyl halides is 1. The van der Waals surface area contributed by atoms with Crippen LogP contribution in [0.15, 0.2) is 29.2 Å². The van der Waals surface area contributed by atoms with E-state index in [0.29, 0.717) is 11.9 Å². The van der Waals surface area contributed by atoms with Gasteiger partial charge in [-0.1, -0.05) is 28.1 Å². The summed E-state index contributed by atoms with van der Waals surface area (Å²) in [5.74, 6) is 0. The number of carbonyl (C=O) groups excluding carboxylic acids is 1. The number of sulfonamides is 1. The number of nitrogens with zero attached hydrogens (tertiary/aromatic N) is 2. The highest BCUT2D eigenvalue weighted by Crippen LogP contribution is 2.22. The number of halogens is 1. The van der Waals surface area contributed by atoms with Gasteiger partial charge in [0.15, 0.2) is 0 Å². The summed E-state index contributed by atoms with van der Waals surface area (Å²) in [4.78, 5) is 14.1. The molecule has 1 fully saturated rings. The molecule has 1 aliphatic heterocycles. The monoisotopic (exact) mass is 432 g/mol. The number of rotatable bonds is 3. The van der Waals surface area contributed by atoms with Crippen molar-refractivity contribution in [2.45, 2.75) is 49.6 Å². The van der Waals surface area contributed by atoms with Crippen LogP contribution < -0.4 is 0 Å². The molecule has 1 aromatic carbocycles. The Bertz CT molecular complexity index is 713. The van der Waals surface area contributed by atoms with Gasteiger partial charge in [-0.2, -0.15) is 4.31 Å². The first-order chi connectivity index (χ1) is 11.5. The van der Waals surface area contributed by atoms with Gasteiger partial charge in [0, 0.05) is 31.0 Å². The van der Waals surface area contributed by atoms with Crippen molar-refractivity contribution < 1.29 is 17.9 Å². The summed E-state index contributed by atoms with van der Waals surface area (Å²) < 4.78 is 32.5. The minimum Gasteiger partial charge on any atom is -0.444 e. The topological polar surface area (TPSA) is 66.9 Å². The predicted molar refractivity (Wildman–Crippen MR) is 100 cm³/mol. The molecule has 1 aliphatic rings. The Morgan fingerprint density at radius 1 is 1.24 bits per heavy atom. The average molecular weight is 433 g/mol. The lowest BCUT2D eigenvalue weighted by molar-refractivity contribution is 0.00859. The molecular weight excluding hydrogens is 408 g/mol. The molecule has 1 aromatic rings. The fraction of sp³-hybridized carbons (Fsp3) is 0.588. The fourth-order valence-electron chi connectivity index (χ4n) is 2.63. The van der Waals surface area contributed by atoms with E-state index in [4.69, 9.17) is 4.74 Å². The van der Waals surface area contributed by atoms with Gasteiger partial charge in [0.25, 0.3) is 0 Å². The third kappa shape index (κ3) is 4.95. The molecule has 140 valence electrons. The minimum absolute atomic E-state index is 0.250. The third-order valence-electron chi connectivity index (χ3n) is 3.93. The zero-order valence-electron chi connectivity index (χ0n) is 15.0. The summed E-state index contributed by atoms with van der Waals surface area (Å²) in [5, 5.41) is 0.679. The lowest BCUT2D eigenvalue weighted by Crippen LogP contribution is -2.56. The number of piperazine rings is 1. The minimum atomic E-state index is -3.56. The molecule has 1 saturated heterocycles. The average Bonchev–Trinajstić information content (AvgIpc) is 2.53. The van der Waals surface area contributed by atoms with Crippen LogP contribution >= 0.6 is 15.9 Å². The lowest BCUT2D eigenvalue weighted by atomic mass is 10.2. The summed E-state index contributed by atoms with van der Waals surface area (Å²) in [7, 11) is -3.56. The third-order valence-corrected chi connectivity index (χ3v) is 6.46. The van der Waals surface area contributed by atoms with Crippen molar-refractivity contribution >= 4 is 32.0 Å². The van der Waals surface area contributed by atoms with Crippen LogP contribution in [-0.4, -0.2) is 55.0 Å². The summed E-state index contributed by atoms with van der Waals surface area (Å²) in [5.41, 5.74) is 0.444. The van der Waals surface area contributed by atoms with E-state index in [1.165, 1.54) is 4.31 Å². The van der Waals surface area contributed by atoms with Crippen LogP contribution in [0.1, 0.15) is 33.3 Å². The molecule has 0 aliphatic carbocycles. The highest BCUT2D eigenvalue weighted by molar-refractivity contribution is 9.08. The number of hydrogen-bond acceptors (Lipinski definition) is 4. The van der Waals surface area contributed by atoms with Gasteiger partial charge in [-0.15, -0.1) is 0 Å². The first kappa shape index (κ1) is 20.2. The quantitative estimate of drug-likeness (QED) is 0.687. The molecule has 1 amide bonds. The molecule has 1 heterocycles. The maximum atomic E-state index is 12.8. The molecule has 0 saturated carbocycles. The summed E-state index contributed by atoms with van der Waals surface area (Å²) in [6, 6.07) is 6.58. The largest absolute Gasteiger partial charge is 0.444 e. The SMILES string of the molecule is C[C@@H]1CN(S(=O)(=O)c2ccc(CBr)cc2)CCN1C(=O)OC(C)(C)C. The molecule has 6 nitrogen and oxygen atoms in total. The Balaban J connectivity index is 2.09. The molecule has 0 aromatic heterocycles. The Hall–Kier alpha value is -1.12. The Kier molecular flexibility index (Phi) is 6.17. The number of benzene rings is 1. The van der Waals surface area contributed by atoms with Crippen molar-refractivity contribution in [2.75, 3.05) is 19.6 Å². The lowest BCUT2D eigenvalue weighted by Gasteiger charge is -2.39. The van der Waals surface area contributed by atoms with Crippen LogP contribution in [0.2, 0.25) is 0 Å². The molecule has 0 spiro atoms. The zero-order chi connectivity index (χ0) is 18.8. The van der Waals surface area contributed by atoms with Crippen molar-refractivity contribution in [3.8, 4) is 0 Å². The van der Waals surface area contributed by atoms with E-state index in [9.17, 15) is 13.2 Å². The van der Waals surface area contributed by atoms with Gasteiger partial charge >= 0.3 is 6.09 Å². The molecule has 2 rings (SSSR count). The summed E-state index contributed by atoms with van der Waals surface area (Å²) >= 11 is 3.35. The molecule has 0 bridgehead atoms. The molecule has 1 atom stereocenters. The van der Waals surface area contributed by atoms with Crippen LogP contribution in [-0.2, 0) is 20.1 Å². The first-order valence-electron chi connectivity index (χ1n) is 8.19. The second-order valence-electron chi connectivity index (χ2n) is 7.16. The van der Waals surface area contributed by atoms with E-state index in [1.807, 2.05) is 27.7 Å². The maximum Gasteiger partial charge on any atom is 0.410 e. The zero-order valence-corrected chi connectivity index (χ0v) is 17.4. The van der Waals surface area contributed by atoms with Gasteiger partial charge in [0.05, 0.1) is 4.90 Å². The van der Waals surface area contributed by atoms with E-state index >= 15 is 0 Å². The predicted octanol–water partition coefficient (Wildman–Crippen LogP) is 3.21. The Morgan fingerprint density at radius 3 is 2.32 bits per heavy atom. The first-order valence-corrected chi connectivity index (χ1v) is 10.8. The van der Waals surface area contributed by atoms with Crippen molar-refractivity contribution in [1.82, 2.24) is 9.21 Å². The normalized spacial score (nSPS) is 19.7. The van der Waals surface area contributed by atoms with Crippen LogP contribution in [0.5, 0.6) is 0 Å².